The molecule has 5 heteroatoms. The first-order valence-corrected chi connectivity index (χ1v) is 6.40. The van der Waals surface area contributed by atoms with Crippen molar-refractivity contribution in [1.29, 1.82) is 0 Å². The molecule has 0 amide bonds. The summed E-state index contributed by atoms with van der Waals surface area (Å²) in [6, 6.07) is 12.5. The molecule has 0 aliphatic rings. The third-order valence-corrected chi connectivity index (χ3v) is 3.19. The zero-order chi connectivity index (χ0) is 14.7. The Morgan fingerprint density at radius 2 is 1.80 bits per heavy atom. The van der Waals surface area contributed by atoms with Gasteiger partial charge in [-0.2, -0.15) is 0 Å². The first-order valence-electron chi connectivity index (χ1n) is 6.02. The molecule has 2 rings (SSSR count). The summed E-state index contributed by atoms with van der Waals surface area (Å²) < 4.78 is 5.26. The van der Waals surface area contributed by atoms with Gasteiger partial charge in [-0.05, 0) is 42.3 Å². The lowest BCUT2D eigenvalue weighted by Gasteiger charge is -2.11. The Kier molecular flexibility index (Phi) is 4.15. The van der Waals surface area contributed by atoms with Crippen molar-refractivity contribution in [2.24, 2.45) is 0 Å². The highest BCUT2D eigenvalue weighted by Crippen LogP contribution is 2.28. The number of benzene rings is 2. The molecule has 1 unspecified atom stereocenters. The van der Waals surface area contributed by atoms with Crippen LogP contribution in [0.3, 0.4) is 0 Å². The lowest BCUT2D eigenvalue weighted by molar-refractivity contribution is -0.144. The lowest BCUT2D eigenvalue weighted by atomic mass is 10.1. The van der Waals surface area contributed by atoms with E-state index in [1.54, 1.807) is 24.3 Å². The number of hydrogen-bond donors (Lipinski definition) is 2. The second-order valence-electron chi connectivity index (χ2n) is 4.36. The smallest absolute Gasteiger partial charge is 0.344 e. The molecular weight excluding hydrogens is 278 g/mol. The minimum atomic E-state index is -1.00. The molecule has 2 aromatic rings. The molecule has 0 saturated carbocycles. The van der Waals surface area contributed by atoms with E-state index in [9.17, 15) is 4.79 Å². The maximum Gasteiger partial charge on any atom is 0.344 e. The molecule has 20 heavy (non-hydrogen) atoms. The van der Waals surface area contributed by atoms with E-state index in [0.717, 1.165) is 11.1 Å². The van der Waals surface area contributed by atoms with Gasteiger partial charge in [-0.15, -0.1) is 0 Å². The van der Waals surface area contributed by atoms with Gasteiger partial charge >= 0.3 is 5.97 Å². The van der Waals surface area contributed by atoms with Gasteiger partial charge in [-0.3, -0.25) is 0 Å². The molecule has 0 fully saturated rings. The van der Waals surface area contributed by atoms with Crippen molar-refractivity contribution in [3.63, 3.8) is 0 Å². The summed E-state index contributed by atoms with van der Waals surface area (Å²) in [5.41, 5.74) is 8.17. The number of halogens is 1. The predicted octanol–water partition coefficient (Wildman–Crippen LogP) is 3.44. The monoisotopic (exact) mass is 291 g/mol. The van der Waals surface area contributed by atoms with Gasteiger partial charge in [0.15, 0.2) is 6.10 Å². The SMILES string of the molecule is CC(Oc1ccc(-c2ccc(Cl)c(N)c2)cc1)C(=O)O. The minimum Gasteiger partial charge on any atom is -0.479 e. The van der Waals surface area contributed by atoms with Crippen LogP contribution < -0.4 is 10.5 Å². The Balaban J connectivity index is 2.19. The van der Waals surface area contributed by atoms with Crippen molar-refractivity contribution in [1.82, 2.24) is 0 Å². The summed E-state index contributed by atoms with van der Waals surface area (Å²) >= 11 is 5.88. The summed E-state index contributed by atoms with van der Waals surface area (Å²) in [7, 11) is 0. The van der Waals surface area contributed by atoms with Crippen molar-refractivity contribution in [2.75, 3.05) is 5.73 Å². The van der Waals surface area contributed by atoms with Crippen LogP contribution in [0.5, 0.6) is 5.75 Å². The molecular formula is C15H14ClNO3. The molecule has 0 aromatic heterocycles. The molecule has 4 nitrogen and oxygen atoms in total. The molecule has 1 atom stereocenters. The number of carboxylic acids is 1. The summed E-state index contributed by atoms with van der Waals surface area (Å²) in [6.07, 6.45) is -0.882. The Morgan fingerprint density at radius 1 is 1.20 bits per heavy atom. The van der Waals surface area contributed by atoms with Crippen LogP contribution in [0.4, 0.5) is 5.69 Å². The standard InChI is InChI=1S/C15H14ClNO3/c1-9(15(18)19)20-12-5-2-10(3-6-12)11-4-7-13(16)14(17)8-11/h2-9H,17H2,1H3,(H,18,19). The number of ether oxygens (including phenoxy) is 1. The van der Waals surface area contributed by atoms with Gasteiger partial charge in [0.05, 0.1) is 10.7 Å². The van der Waals surface area contributed by atoms with E-state index in [0.29, 0.717) is 16.5 Å². The van der Waals surface area contributed by atoms with Crippen molar-refractivity contribution >= 4 is 23.3 Å². The van der Waals surface area contributed by atoms with E-state index in [4.69, 9.17) is 27.2 Å². The number of carboxylic acid groups (broad SMARTS) is 1. The van der Waals surface area contributed by atoms with Gasteiger partial charge in [-0.1, -0.05) is 29.8 Å². The predicted molar refractivity (Wildman–Crippen MR) is 79.0 cm³/mol. The fourth-order valence-corrected chi connectivity index (χ4v) is 1.82. The Morgan fingerprint density at radius 3 is 2.35 bits per heavy atom. The van der Waals surface area contributed by atoms with E-state index >= 15 is 0 Å². The number of carbonyl (C=O) groups is 1. The fraction of sp³-hybridized carbons (Fsp3) is 0.133. The van der Waals surface area contributed by atoms with Crippen LogP contribution in [0, 0.1) is 0 Å². The van der Waals surface area contributed by atoms with Crippen LogP contribution in [0.25, 0.3) is 11.1 Å². The maximum atomic E-state index is 10.7. The minimum absolute atomic E-state index is 0.505. The van der Waals surface area contributed by atoms with Crippen LogP contribution in [0.1, 0.15) is 6.92 Å². The molecule has 104 valence electrons. The molecule has 0 aliphatic carbocycles. The van der Waals surface area contributed by atoms with Crippen molar-refractivity contribution in [2.45, 2.75) is 13.0 Å². The van der Waals surface area contributed by atoms with Crippen molar-refractivity contribution in [3.05, 3.63) is 47.5 Å². The highest BCUT2D eigenvalue weighted by molar-refractivity contribution is 6.33. The molecule has 0 spiro atoms. The van der Waals surface area contributed by atoms with Crippen LogP contribution in [0.2, 0.25) is 5.02 Å². The van der Waals surface area contributed by atoms with Gasteiger partial charge in [0.2, 0.25) is 0 Å². The Hall–Kier alpha value is -2.20. The quantitative estimate of drug-likeness (QED) is 0.846. The van der Waals surface area contributed by atoms with E-state index in [2.05, 4.69) is 0 Å². The third kappa shape index (κ3) is 3.22. The van der Waals surface area contributed by atoms with Gasteiger partial charge in [-0.25, -0.2) is 4.79 Å². The van der Waals surface area contributed by atoms with Crippen LogP contribution in [0.15, 0.2) is 42.5 Å². The Bertz CT molecular complexity index is 626. The zero-order valence-electron chi connectivity index (χ0n) is 10.8. The number of anilines is 1. The van der Waals surface area contributed by atoms with Crippen molar-refractivity contribution < 1.29 is 14.6 Å². The summed E-state index contributed by atoms with van der Waals surface area (Å²) in [6.45, 7) is 1.48. The van der Waals surface area contributed by atoms with Gasteiger partial charge in [0, 0.05) is 0 Å². The van der Waals surface area contributed by atoms with Gasteiger partial charge in [0.25, 0.3) is 0 Å². The van der Waals surface area contributed by atoms with Gasteiger partial charge in [0.1, 0.15) is 5.75 Å². The Labute approximate surface area is 121 Å². The topological polar surface area (TPSA) is 72.5 Å². The molecule has 3 N–H and O–H groups in total. The molecule has 0 aliphatic heterocycles. The largest absolute Gasteiger partial charge is 0.479 e. The average molecular weight is 292 g/mol. The summed E-state index contributed by atoms with van der Waals surface area (Å²) in [4.78, 5) is 10.7. The molecule has 0 saturated heterocycles. The fourth-order valence-electron chi connectivity index (χ4n) is 1.70. The first-order chi connectivity index (χ1) is 9.47. The number of aliphatic carboxylic acids is 1. The van der Waals surface area contributed by atoms with Crippen LogP contribution in [-0.4, -0.2) is 17.2 Å². The number of hydrogen-bond acceptors (Lipinski definition) is 3. The molecule has 2 aromatic carbocycles. The van der Waals surface area contributed by atoms with Crippen LogP contribution in [-0.2, 0) is 4.79 Å². The maximum absolute atomic E-state index is 10.7. The van der Waals surface area contributed by atoms with E-state index in [-0.39, 0.29) is 0 Å². The summed E-state index contributed by atoms with van der Waals surface area (Å²) in [5, 5.41) is 9.30. The number of nitrogens with two attached hydrogens (primary N) is 1. The number of rotatable bonds is 4. The molecule has 0 bridgehead atoms. The van der Waals surface area contributed by atoms with E-state index in [1.165, 1.54) is 6.92 Å². The van der Waals surface area contributed by atoms with E-state index < -0.39 is 12.1 Å². The van der Waals surface area contributed by atoms with E-state index in [1.807, 2.05) is 18.2 Å². The molecule has 0 radical (unpaired) electrons. The summed E-state index contributed by atoms with van der Waals surface area (Å²) in [5.74, 6) is -0.495. The highest BCUT2D eigenvalue weighted by Gasteiger charge is 2.12. The van der Waals surface area contributed by atoms with Crippen LogP contribution >= 0.6 is 11.6 Å². The normalized spacial score (nSPS) is 11.9. The third-order valence-electron chi connectivity index (χ3n) is 2.84. The van der Waals surface area contributed by atoms with Crippen molar-refractivity contribution in [3.8, 4) is 16.9 Å². The zero-order valence-corrected chi connectivity index (χ0v) is 11.6. The second kappa shape index (κ2) is 5.84. The average Bonchev–Trinajstić information content (AvgIpc) is 2.42. The highest BCUT2D eigenvalue weighted by atomic mass is 35.5. The number of nitrogen functional groups attached to an aromatic ring is 1. The lowest BCUT2D eigenvalue weighted by Crippen LogP contribution is -2.22. The second-order valence-corrected chi connectivity index (χ2v) is 4.77. The van der Waals surface area contributed by atoms with Gasteiger partial charge < -0.3 is 15.6 Å². The molecule has 0 heterocycles. The first kappa shape index (κ1) is 14.2.